The first kappa shape index (κ1) is 15.7. The predicted molar refractivity (Wildman–Crippen MR) is 82.0 cm³/mol. The molecule has 0 radical (unpaired) electrons. The van der Waals surface area contributed by atoms with Crippen molar-refractivity contribution in [2.24, 2.45) is 0 Å². The second-order valence-electron chi connectivity index (χ2n) is 4.61. The molecule has 1 aliphatic heterocycles. The highest BCUT2D eigenvalue weighted by atomic mass is 79.9. The number of hydrogen-bond donors (Lipinski definition) is 2. The minimum Gasteiger partial charge on any atom is -0.378 e. The molecule has 0 aromatic carbocycles. The van der Waals surface area contributed by atoms with E-state index in [0.29, 0.717) is 28.3 Å². The lowest BCUT2D eigenvalue weighted by Crippen LogP contribution is -2.33. The fourth-order valence-corrected chi connectivity index (χ4v) is 2.45. The predicted octanol–water partition coefficient (Wildman–Crippen LogP) is 2.59. The van der Waals surface area contributed by atoms with Crippen molar-refractivity contribution >= 4 is 39.1 Å². The van der Waals surface area contributed by atoms with Crippen molar-refractivity contribution in [3.05, 3.63) is 21.9 Å². The van der Waals surface area contributed by atoms with Crippen molar-refractivity contribution in [1.29, 1.82) is 0 Å². The first-order chi connectivity index (χ1) is 9.65. The molecule has 1 aromatic rings. The molecular weight excluding hydrogens is 346 g/mol. The van der Waals surface area contributed by atoms with Crippen molar-refractivity contribution in [2.45, 2.75) is 25.4 Å². The summed E-state index contributed by atoms with van der Waals surface area (Å²) in [5.74, 6) is -0.0880. The summed E-state index contributed by atoms with van der Waals surface area (Å²) in [6.07, 6.45) is 4.16. The Morgan fingerprint density at radius 3 is 3.00 bits per heavy atom. The molecule has 0 aliphatic carbocycles. The first-order valence-electron chi connectivity index (χ1n) is 6.58. The van der Waals surface area contributed by atoms with Gasteiger partial charge in [0.15, 0.2) is 0 Å². The summed E-state index contributed by atoms with van der Waals surface area (Å²) in [5.41, 5.74) is 0.619. The summed E-state index contributed by atoms with van der Waals surface area (Å²) in [5, 5.41) is 6.41. The summed E-state index contributed by atoms with van der Waals surface area (Å²) < 4.78 is 6.34. The van der Waals surface area contributed by atoms with Crippen molar-refractivity contribution in [3.63, 3.8) is 0 Å². The molecule has 5 nitrogen and oxygen atoms in total. The smallest absolute Gasteiger partial charge is 0.226 e. The number of amides is 1. The molecule has 1 aromatic heterocycles. The molecule has 7 heteroatoms. The Morgan fingerprint density at radius 2 is 2.30 bits per heavy atom. The van der Waals surface area contributed by atoms with E-state index >= 15 is 0 Å². The molecule has 0 saturated carbocycles. The van der Waals surface area contributed by atoms with Crippen LogP contribution in [-0.4, -0.2) is 36.7 Å². The summed E-state index contributed by atoms with van der Waals surface area (Å²) in [7, 11) is 0. The SMILES string of the molecule is O=C(CCOC1CCNCC1)Nc1cnc(Cl)c(Br)c1. The number of ether oxygens (including phenoxy) is 1. The number of rotatable bonds is 5. The van der Waals surface area contributed by atoms with Crippen LogP contribution in [0.5, 0.6) is 0 Å². The molecule has 2 rings (SSSR count). The molecule has 0 unspecified atom stereocenters. The van der Waals surface area contributed by atoms with Gasteiger partial charge in [-0.15, -0.1) is 0 Å². The fourth-order valence-electron chi connectivity index (χ4n) is 1.99. The lowest BCUT2D eigenvalue weighted by Gasteiger charge is -2.22. The van der Waals surface area contributed by atoms with E-state index in [1.54, 1.807) is 6.07 Å². The molecule has 0 atom stereocenters. The Hall–Kier alpha value is -0.690. The van der Waals surface area contributed by atoms with E-state index in [2.05, 4.69) is 31.5 Å². The quantitative estimate of drug-likeness (QED) is 0.790. The molecule has 20 heavy (non-hydrogen) atoms. The van der Waals surface area contributed by atoms with Crippen LogP contribution in [0.2, 0.25) is 5.15 Å². The van der Waals surface area contributed by atoms with E-state index in [1.165, 1.54) is 6.20 Å². The Labute approximate surface area is 131 Å². The second kappa shape index (κ2) is 7.93. The lowest BCUT2D eigenvalue weighted by atomic mass is 10.1. The standard InChI is InChI=1S/C13H17BrClN3O2/c14-11-7-9(8-17-13(11)15)18-12(19)3-6-20-10-1-4-16-5-2-10/h7-8,10,16H,1-6H2,(H,18,19). The number of anilines is 1. The highest BCUT2D eigenvalue weighted by molar-refractivity contribution is 9.10. The van der Waals surface area contributed by atoms with Crippen molar-refractivity contribution in [1.82, 2.24) is 10.3 Å². The van der Waals surface area contributed by atoms with Gasteiger partial charge in [0, 0.05) is 0 Å². The normalized spacial score (nSPS) is 16.1. The van der Waals surface area contributed by atoms with Crippen LogP contribution in [0.25, 0.3) is 0 Å². The maximum absolute atomic E-state index is 11.8. The number of aromatic nitrogens is 1. The summed E-state index contributed by atoms with van der Waals surface area (Å²) in [6, 6.07) is 1.72. The molecule has 1 fully saturated rings. The number of piperidine rings is 1. The van der Waals surface area contributed by atoms with Gasteiger partial charge in [0.2, 0.25) is 5.91 Å². The van der Waals surface area contributed by atoms with Gasteiger partial charge in [-0.2, -0.15) is 0 Å². The van der Waals surface area contributed by atoms with Gasteiger partial charge in [-0.05, 0) is 47.9 Å². The van der Waals surface area contributed by atoms with E-state index in [1.807, 2.05) is 0 Å². The third-order valence-electron chi connectivity index (χ3n) is 3.05. The van der Waals surface area contributed by atoms with Crippen LogP contribution in [0.1, 0.15) is 19.3 Å². The minimum absolute atomic E-state index is 0.0880. The summed E-state index contributed by atoms with van der Waals surface area (Å²) >= 11 is 9.06. The Kier molecular flexibility index (Phi) is 6.22. The van der Waals surface area contributed by atoms with Crippen molar-refractivity contribution in [2.75, 3.05) is 25.0 Å². The molecule has 1 aliphatic rings. The van der Waals surface area contributed by atoms with E-state index in [0.717, 1.165) is 25.9 Å². The van der Waals surface area contributed by atoms with E-state index in [9.17, 15) is 4.79 Å². The number of hydrogen-bond acceptors (Lipinski definition) is 4. The zero-order chi connectivity index (χ0) is 14.4. The molecule has 2 N–H and O–H groups in total. The number of halogens is 2. The maximum atomic E-state index is 11.8. The molecule has 1 amide bonds. The minimum atomic E-state index is -0.0880. The van der Waals surface area contributed by atoms with Gasteiger partial charge in [0.25, 0.3) is 0 Å². The van der Waals surface area contributed by atoms with Gasteiger partial charge in [-0.1, -0.05) is 11.6 Å². The maximum Gasteiger partial charge on any atom is 0.226 e. The van der Waals surface area contributed by atoms with Gasteiger partial charge in [0.05, 0.1) is 35.5 Å². The molecule has 0 bridgehead atoms. The topological polar surface area (TPSA) is 63.2 Å². The lowest BCUT2D eigenvalue weighted by molar-refractivity contribution is -0.117. The number of pyridine rings is 1. The summed E-state index contributed by atoms with van der Waals surface area (Å²) in [4.78, 5) is 15.7. The van der Waals surface area contributed by atoms with Crippen molar-refractivity contribution < 1.29 is 9.53 Å². The zero-order valence-electron chi connectivity index (χ0n) is 11.0. The van der Waals surface area contributed by atoms with E-state index in [-0.39, 0.29) is 12.0 Å². The number of carbonyl (C=O) groups excluding carboxylic acids is 1. The largest absolute Gasteiger partial charge is 0.378 e. The Morgan fingerprint density at radius 1 is 1.55 bits per heavy atom. The number of nitrogens with one attached hydrogen (secondary N) is 2. The van der Waals surface area contributed by atoms with Crippen LogP contribution in [-0.2, 0) is 9.53 Å². The van der Waals surface area contributed by atoms with Crippen LogP contribution in [0, 0.1) is 0 Å². The molecule has 0 spiro atoms. The highest BCUT2D eigenvalue weighted by Gasteiger charge is 2.13. The van der Waals surface area contributed by atoms with Gasteiger partial charge < -0.3 is 15.4 Å². The third-order valence-corrected chi connectivity index (χ3v) is 4.18. The Bertz CT molecular complexity index is 467. The van der Waals surface area contributed by atoms with Gasteiger partial charge in [-0.25, -0.2) is 4.98 Å². The number of carbonyl (C=O) groups is 1. The van der Waals surface area contributed by atoms with Crippen LogP contribution >= 0.6 is 27.5 Å². The van der Waals surface area contributed by atoms with Crippen molar-refractivity contribution in [3.8, 4) is 0 Å². The average Bonchev–Trinajstić information content (AvgIpc) is 2.44. The zero-order valence-corrected chi connectivity index (χ0v) is 13.3. The average molecular weight is 363 g/mol. The van der Waals surface area contributed by atoms with Crippen LogP contribution < -0.4 is 10.6 Å². The molecule has 2 heterocycles. The molecular formula is C13H17BrClN3O2. The third kappa shape index (κ3) is 5.01. The van der Waals surface area contributed by atoms with Crippen LogP contribution in [0.3, 0.4) is 0 Å². The van der Waals surface area contributed by atoms with Gasteiger partial charge in [0.1, 0.15) is 5.15 Å². The highest BCUT2D eigenvalue weighted by Crippen LogP contribution is 2.22. The molecule has 1 saturated heterocycles. The van der Waals surface area contributed by atoms with Gasteiger partial charge >= 0.3 is 0 Å². The van der Waals surface area contributed by atoms with E-state index in [4.69, 9.17) is 16.3 Å². The number of nitrogens with zero attached hydrogens (tertiary/aromatic N) is 1. The van der Waals surface area contributed by atoms with E-state index < -0.39 is 0 Å². The Balaban J connectivity index is 1.70. The monoisotopic (exact) mass is 361 g/mol. The van der Waals surface area contributed by atoms with Crippen LogP contribution in [0.15, 0.2) is 16.7 Å². The van der Waals surface area contributed by atoms with Crippen LogP contribution in [0.4, 0.5) is 5.69 Å². The van der Waals surface area contributed by atoms with Gasteiger partial charge in [-0.3, -0.25) is 4.79 Å². The second-order valence-corrected chi connectivity index (χ2v) is 5.83. The fraction of sp³-hybridized carbons (Fsp3) is 0.538. The first-order valence-corrected chi connectivity index (χ1v) is 7.75. The molecule has 110 valence electrons. The summed E-state index contributed by atoms with van der Waals surface area (Å²) in [6.45, 7) is 2.42.